The van der Waals surface area contributed by atoms with Crippen molar-refractivity contribution in [2.45, 2.75) is 19.1 Å². The molecule has 3 aliphatic rings. The monoisotopic (exact) mass is 425 g/mol. The minimum absolute atomic E-state index is 0.199. The van der Waals surface area contributed by atoms with Crippen molar-refractivity contribution in [1.29, 1.82) is 0 Å². The summed E-state index contributed by atoms with van der Waals surface area (Å²) >= 11 is 0. The number of hydrogen-bond acceptors (Lipinski definition) is 6. The van der Waals surface area contributed by atoms with Crippen LogP contribution in [-0.4, -0.2) is 55.3 Å². The maximum atomic E-state index is 14.9. The molecule has 31 heavy (non-hydrogen) atoms. The zero-order chi connectivity index (χ0) is 21.7. The number of aromatic nitrogens is 1. The summed E-state index contributed by atoms with van der Waals surface area (Å²) in [6, 6.07) is 8.74. The molecule has 162 valence electrons. The standard InChI is InChI=1S/C22H24FN5O3/c1-12(29)25-8-15-9-28(22(30)31-15)14-3-4-16(19(23)6-14)13-2-5-20(26-7-13)27-10-17-18(11-27)21(17)24/h2-7,15,17-18,21H,8-11,24H2,1H3,(H,25,29)/t15-,17-,18+,21+/m0/s1. The Morgan fingerprint density at radius 2 is 2.03 bits per heavy atom. The van der Waals surface area contributed by atoms with Crippen LogP contribution in [0.5, 0.6) is 0 Å². The van der Waals surface area contributed by atoms with E-state index in [9.17, 15) is 14.0 Å². The van der Waals surface area contributed by atoms with Gasteiger partial charge in [0.2, 0.25) is 5.91 Å². The lowest BCUT2D eigenvalue weighted by molar-refractivity contribution is -0.119. The summed E-state index contributed by atoms with van der Waals surface area (Å²) in [5.41, 5.74) is 7.48. The number of nitrogens with one attached hydrogen (secondary N) is 1. The van der Waals surface area contributed by atoms with Gasteiger partial charge in [-0.1, -0.05) is 0 Å². The lowest BCUT2D eigenvalue weighted by Gasteiger charge is -2.20. The highest BCUT2D eigenvalue weighted by Crippen LogP contribution is 2.45. The van der Waals surface area contributed by atoms with Crippen LogP contribution in [0.2, 0.25) is 0 Å². The number of carbonyl (C=O) groups excluding carboxylic acids is 2. The number of nitrogens with two attached hydrogens (primary N) is 1. The number of rotatable bonds is 5. The number of halogens is 1. The van der Waals surface area contributed by atoms with Crippen LogP contribution in [0.1, 0.15) is 6.92 Å². The average molecular weight is 425 g/mol. The maximum Gasteiger partial charge on any atom is 0.414 e. The Hall–Kier alpha value is -3.20. The third-order valence-corrected chi connectivity index (χ3v) is 6.36. The summed E-state index contributed by atoms with van der Waals surface area (Å²) in [5, 5.41) is 2.62. The number of anilines is 2. The summed E-state index contributed by atoms with van der Waals surface area (Å²) in [6.07, 6.45) is 0.643. The van der Waals surface area contributed by atoms with E-state index >= 15 is 0 Å². The van der Waals surface area contributed by atoms with Crippen molar-refractivity contribution in [2.24, 2.45) is 17.6 Å². The molecule has 0 bridgehead atoms. The smallest absolute Gasteiger partial charge is 0.414 e. The van der Waals surface area contributed by atoms with Crippen LogP contribution in [-0.2, 0) is 9.53 Å². The van der Waals surface area contributed by atoms with Gasteiger partial charge >= 0.3 is 6.09 Å². The molecule has 2 saturated heterocycles. The number of nitrogens with zero attached hydrogens (tertiary/aromatic N) is 3. The van der Waals surface area contributed by atoms with Gasteiger partial charge in [-0.3, -0.25) is 9.69 Å². The van der Waals surface area contributed by atoms with Gasteiger partial charge in [0.1, 0.15) is 17.7 Å². The highest BCUT2D eigenvalue weighted by Gasteiger charge is 2.53. The first kappa shape index (κ1) is 19.7. The van der Waals surface area contributed by atoms with Crippen LogP contribution in [0.25, 0.3) is 11.1 Å². The van der Waals surface area contributed by atoms with E-state index in [0.29, 0.717) is 34.7 Å². The summed E-state index contributed by atoms with van der Waals surface area (Å²) in [7, 11) is 0. The van der Waals surface area contributed by atoms with E-state index in [1.165, 1.54) is 17.9 Å². The Balaban J connectivity index is 1.27. The fraction of sp³-hybridized carbons (Fsp3) is 0.409. The van der Waals surface area contributed by atoms with Crippen molar-refractivity contribution < 1.29 is 18.7 Å². The van der Waals surface area contributed by atoms with E-state index in [1.807, 2.05) is 12.1 Å². The molecule has 0 unspecified atom stereocenters. The van der Waals surface area contributed by atoms with E-state index in [4.69, 9.17) is 10.5 Å². The highest BCUT2D eigenvalue weighted by molar-refractivity contribution is 5.90. The number of fused-ring (bicyclic) bond motifs is 1. The second-order valence-corrected chi connectivity index (χ2v) is 8.43. The van der Waals surface area contributed by atoms with Crippen molar-refractivity contribution in [1.82, 2.24) is 10.3 Å². The molecular formula is C22H24FN5O3. The molecule has 4 atom stereocenters. The summed E-state index contributed by atoms with van der Waals surface area (Å²) in [6.45, 7) is 3.72. The maximum absolute atomic E-state index is 14.9. The second-order valence-electron chi connectivity index (χ2n) is 8.43. The van der Waals surface area contributed by atoms with E-state index in [-0.39, 0.29) is 19.0 Å². The Morgan fingerprint density at radius 3 is 2.68 bits per heavy atom. The first-order valence-corrected chi connectivity index (χ1v) is 10.4. The summed E-state index contributed by atoms with van der Waals surface area (Å²) in [5.74, 6) is 1.38. The molecule has 9 heteroatoms. The number of ether oxygens (including phenoxy) is 1. The van der Waals surface area contributed by atoms with Gasteiger partial charge in [0.25, 0.3) is 0 Å². The number of pyridine rings is 1. The quantitative estimate of drug-likeness (QED) is 0.757. The topological polar surface area (TPSA) is 101 Å². The Bertz CT molecular complexity index is 1020. The van der Waals surface area contributed by atoms with Crippen molar-refractivity contribution in [3.05, 3.63) is 42.3 Å². The van der Waals surface area contributed by atoms with Gasteiger partial charge in [-0.05, 0) is 42.2 Å². The van der Waals surface area contributed by atoms with Gasteiger partial charge in [0.15, 0.2) is 0 Å². The molecule has 1 aromatic carbocycles. The molecule has 5 rings (SSSR count). The van der Waals surface area contributed by atoms with Gasteiger partial charge < -0.3 is 20.7 Å². The summed E-state index contributed by atoms with van der Waals surface area (Å²) in [4.78, 5) is 31.3. The predicted octanol–water partition coefficient (Wildman–Crippen LogP) is 1.74. The summed E-state index contributed by atoms with van der Waals surface area (Å²) < 4.78 is 20.1. The third-order valence-electron chi connectivity index (χ3n) is 6.36. The zero-order valence-corrected chi connectivity index (χ0v) is 17.1. The highest BCUT2D eigenvalue weighted by atomic mass is 19.1. The number of carbonyl (C=O) groups is 2. The third kappa shape index (κ3) is 3.69. The Morgan fingerprint density at radius 1 is 1.26 bits per heavy atom. The first-order chi connectivity index (χ1) is 14.9. The number of cyclic esters (lactones) is 1. The fourth-order valence-corrected chi connectivity index (χ4v) is 4.49. The largest absolute Gasteiger partial charge is 0.442 e. The van der Waals surface area contributed by atoms with Crippen LogP contribution >= 0.6 is 0 Å². The molecule has 2 aromatic rings. The molecule has 3 heterocycles. The van der Waals surface area contributed by atoms with Gasteiger partial charge in [-0.15, -0.1) is 0 Å². The Labute approximate surface area is 179 Å². The molecule has 0 spiro atoms. The van der Waals surface area contributed by atoms with Crippen molar-refractivity contribution >= 4 is 23.5 Å². The van der Waals surface area contributed by atoms with E-state index in [0.717, 1.165) is 18.9 Å². The van der Waals surface area contributed by atoms with Crippen LogP contribution in [0.4, 0.5) is 20.7 Å². The number of hydrogen-bond donors (Lipinski definition) is 2. The number of amides is 2. The van der Waals surface area contributed by atoms with E-state index in [1.54, 1.807) is 18.3 Å². The molecule has 1 aliphatic carbocycles. The molecule has 3 N–H and O–H groups in total. The van der Waals surface area contributed by atoms with Gasteiger partial charge in [-0.2, -0.15) is 0 Å². The zero-order valence-electron chi connectivity index (χ0n) is 17.1. The van der Waals surface area contributed by atoms with Crippen molar-refractivity contribution in [3.8, 4) is 11.1 Å². The Kier molecular flexibility index (Phi) is 4.77. The molecule has 2 aliphatic heterocycles. The fourth-order valence-electron chi connectivity index (χ4n) is 4.49. The molecular weight excluding hydrogens is 401 g/mol. The molecule has 2 amide bonds. The predicted molar refractivity (Wildman–Crippen MR) is 113 cm³/mol. The van der Waals surface area contributed by atoms with Crippen LogP contribution in [0, 0.1) is 17.7 Å². The molecule has 1 aromatic heterocycles. The van der Waals surface area contributed by atoms with Gasteiger partial charge in [0.05, 0.1) is 18.8 Å². The average Bonchev–Trinajstić information content (AvgIpc) is 3.11. The van der Waals surface area contributed by atoms with Crippen molar-refractivity contribution in [2.75, 3.05) is 36.0 Å². The van der Waals surface area contributed by atoms with E-state index in [2.05, 4.69) is 15.2 Å². The SMILES string of the molecule is CC(=O)NC[C@H]1CN(c2ccc(-c3ccc(N4C[C@@H]5[C@@H](N)[C@@H]5C4)nc3)c(F)c2)C(=O)O1. The molecule has 3 fully saturated rings. The van der Waals surface area contributed by atoms with Crippen LogP contribution in [0.3, 0.4) is 0 Å². The van der Waals surface area contributed by atoms with Crippen LogP contribution in [0.15, 0.2) is 36.5 Å². The molecule has 0 radical (unpaired) electrons. The van der Waals surface area contributed by atoms with Gasteiger partial charge in [-0.25, -0.2) is 14.2 Å². The molecule has 8 nitrogen and oxygen atoms in total. The normalized spacial score (nSPS) is 26.6. The second kappa shape index (κ2) is 7.49. The van der Waals surface area contributed by atoms with Gasteiger partial charge in [0, 0.05) is 43.4 Å². The first-order valence-electron chi connectivity index (χ1n) is 10.4. The minimum Gasteiger partial charge on any atom is -0.442 e. The minimum atomic E-state index is -0.558. The van der Waals surface area contributed by atoms with E-state index < -0.39 is 18.0 Å². The van der Waals surface area contributed by atoms with Crippen molar-refractivity contribution in [3.63, 3.8) is 0 Å². The molecule has 1 saturated carbocycles. The van der Waals surface area contributed by atoms with Crippen LogP contribution < -0.4 is 20.9 Å². The number of benzene rings is 1. The number of piperidine rings is 1. The lowest BCUT2D eigenvalue weighted by Crippen LogP contribution is -2.33. The lowest BCUT2D eigenvalue weighted by atomic mass is 10.1.